The maximum atomic E-state index is 13.1. The standard InChI is InChI=1S/C48H36N4O16S4.Cu.4Na/c1-61-25-5-9-29(41(21-25)69-67-65-53)45-33-13-14-34(49-33)46(30-10-6-26(62-2)22-42(30)70-68-66-54)36-16-18-38(51-36)48(32-12-8-28(64-4)24-44(32)72(58,59)60)40-20-19-39(52-40)47(37-17-15-35(45)50-37)31-11-7-27(63-3)23-43(31)71(55,56)57;;;;;/h5-24,53-54H,1-4H3,(H,55,56,57)(H,58,59,60);;;;;/q-2;+2;4*+1/p-4. The second-order valence-electron chi connectivity index (χ2n) is 15.2. The van der Waals surface area contributed by atoms with Crippen LogP contribution in [0.15, 0.2) is 117 Å². The normalized spacial score (nSPS) is 11.5. The van der Waals surface area contributed by atoms with Gasteiger partial charge in [0.1, 0.15) is 43.2 Å². The Kier molecular flexibility index (Phi) is 25.2. The molecule has 0 atom stereocenters. The van der Waals surface area contributed by atoms with E-state index in [1.54, 1.807) is 72.8 Å². The van der Waals surface area contributed by atoms with Gasteiger partial charge in [-0.25, -0.2) is 26.8 Å². The summed E-state index contributed by atoms with van der Waals surface area (Å²) in [5.41, 5.74) is 2.59. The van der Waals surface area contributed by atoms with Crippen molar-refractivity contribution in [1.82, 2.24) is 19.9 Å². The number of aromatic nitrogens is 4. The van der Waals surface area contributed by atoms with Crippen molar-refractivity contribution in [2.75, 3.05) is 28.4 Å². The molecule has 9 rings (SSSR count). The van der Waals surface area contributed by atoms with Crippen LogP contribution in [0.2, 0.25) is 0 Å². The van der Waals surface area contributed by atoms with E-state index >= 15 is 0 Å². The summed E-state index contributed by atoms with van der Waals surface area (Å²) in [4.78, 5) is 19.5. The molecule has 0 unspecified atom stereocenters. The number of rotatable bonds is 16. The smallest absolute Gasteiger partial charge is 0.744 e. The molecule has 8 bridgehead atoms. The van der Waals surface area contributed by atoms with Crippen molar-refractivity contribution < 1.29 is 209 Å². The summed E-state index contributed by atoms with van der Waals surface area (Å²) in [6.07, 6.45) is 6.37. The SMILES string of the molecule is COc1ccc(-c2c3nc(c(-c4ccc(OC)cc4S(=O)(=O)[O-])c4ccc([n-]4)c(-c4ccc(OC)cc4S(=O)(=O)[O-])c4nc(c(-c5ccc(OC)cc5SOO[O-])c5ccc2[n-]5)C=C4)C=C3)c(SOO[O-])c1.[Cu+2].[Na+].[Na+].[Na+].[Na+]. The van der Waals surface area contributed by atoms with Gasteiger partial charge in [0.15, 0.2) is 0 Å². The van der Waals surface area contributed by atoms with E-state index < -0.39 is 30.0 Å². The van der Waals surface area contributed by atoms with Gasteiger partial charge < -0.3 is 48.5 Å². The third kappa shape index (κ3) is 14.4. The molecule has 20 nitrogen and oxygen atoms in total. The first-order valence-corrected chi connectivity index (χ1v) is 24.9. The molecular weight excluding hydrogens is 1170 g/mol. The zero-order chi connectivity index (χ0) is 50.9. The Morgan fingerprint density at radius 2 is 0.701 bits per heavy atom. The minimum Gasteiger partial charge on any atom is -0.744 e. The molecule has 29 heteroatoms. The van der Waals surface area contributed by atoms with Crippen LogP contribution in [0.3, 0.4) is 0 Å². The van der Waals surface area contributed by atoms with Crippen LogP contribution in [0.4, 0.5) is 0 Å². The van der Waals surface area contributed by atoms with E-state index in [1.165, 1.54) is 64.8 Å². The van der Waals surface area contributed by atoms with E-state index in [-0.39, 0.29) is 214 Å². The van der Waals surface area contributed by atoms with Gasteiger partial charge in [-0.1, -0.05) is 24.3 Å². The zero-order valence-corrected chi connectivity index (χ0v) is 54.0. The summed E-state index contributed by atoms with van der Waals surface area (Å²) in [7, 11) is -5.00. The molecule has 0 N–H and O–H groups in total. The molecule has 0 saturated heterocycles. The predicted molar refractivity (Wildman–Crippen MR) is 257 cm³/mol. The number of benzene rings is 4. The topological polar surface area (TPSA) is 288 Å². The van der Waals surface area contributed by atoms with Gasteiger partial charge in [0, 0.05) is 20.9 Å². The van der Waals surface area contributed by atoms with E-state index in [1.807, 2.05) is 0 Å². The van der Waals surface area contributed by atoms with Crippen molar-refractivity contribution in [2.24, 2.45) is 0 Å². The predicted octanol–water partition coefficient (Wildman–Crippen LogP) is -5.10. The van der Waals surface area contributed by atoms with Gasteiger partial charge in [0.2, 0.25) is 0 Å². The molecule has 2 aliphatic heterocycles. The van der Waals surface area contributed by atoms with Gasteiger partial charge in [0.25, 0.3) is 0 Å². The Morgan fingerprint density at radius 1 is 0.429 bits per heavy atom. The molecule has 1 radical (unpaired) electrons. The van der Waals surface area contributed by atoms with Gasteiger partial charge in [0.05, 0.1) is 85.1 Å². The first-order valence-electron chi connectivity index (χ1n) is 20.6. The summed E-state index contributed by atoms with van der Waals surface area (Å²) in [6, 6.07) is 24.0. The average Bonchev–Trinajstić information content (AvgIpc) is 4.23. The van der Waals surface area contributed by atoms with Crippen molar-refractivity contribution in [3.8, 4) is 67.5 Å². The quantitative estimate of drug-likeness (QED) is 0.0288. The molecule has 2 aliphatic rings. The molecule has 3 aromatic heterocycles. The van der Waals surface area contributed by atoms with Crippen LogP contribution in [0.1, 0.15) is 22.8 Å². The van der Waals surface area contributed by atoms with Gasteiger partial charge in [-0.3, -0.25) is 10.1 Å². The van der Waals surface area contributed by atoms with Crippen molar-refractivity contribution in [1.29, 1.82) is 0 Å². The van der Waals surface area contributed by atoms with Crippen molar-refractivity contribution >= 4 is 90.7 Å². The van der Waals surface area contributed by atoms with Crippen molar-refractivity contribution in [3.63, 3.8) is 0 Å². The Hall–Kier alpha value is -2.52. The molecular formula is C48H32CuN4Na4O16S4. The Bertz CT molecular complexity index is 3550. The molecule has 379 valence electrons. The fraction of sp³-hybridized carbons (Fsp3) is 0.0833. The maximum absolute atomic E-state index is 13.1. The molecule has 0 fully saturated rings. The Morgan fingerprint density at radius 3 is 0.974 bits per heavy atom. The van der Waals surface area contributed by atoms with Crippen LogP contribution in [-0.4, -0.2) is 64.3 Å². The van der Waals surface area contributed by atoms with Crippen molar-refractivity contribution in [3.05, 3.63) is 120 Å². The van der Waals surface area contributed by atoms with Crippen LogP contribution in [-0.2, 0) is 56.0 Å². The van der Waals surface area contributed by atoms with Crippen LogP contribution < -0.4 is 158 Å². The fourth-order valence-electron chi connectivity index (χ4n) is 8.19. The molecule has 0 saturated carbocycles. The number of hydrogen-bond donors (Lipinski definition) is 0. The van der Waals surface area contributed by atoms with E-state index in [0.717, 1.165) is 12.1 Å². The summed E-state index contributed by atoms with van der Waals surface area (Å²) in [6.45, 7) is 0. The zero-order valence-electron chi connectivity index (χ0n) is 41.8. The molecule has 0 aliphatic carbocycles. The molecule has 77 heavy (non-hydrogen) atoms. The van der Waals surface area contributed by atoms with Crippen LogP contribution in [0.25, 0.3) is 90.9 Å². The van der Waals surface area contributed by atoms with Crippen LogP contribution >= 0.6 is 24.1 Å². The first kappa shape index (κ1) is 67.0. The summed E-state index contributed by atoms with van der Waals surface area (Å²) < 4.78 is 110. The van der Waals surface area contributed by atoms with E-state index in [9.17, 15) is 36.5 Å². The third-order valence-electron chi connectivity index (χ3n) is 11.3. The van der Waals surface area contributed by atoms with Gasteiger partial charge in [-0.15, -0.1) is 22.1 Å². The van der Waals surface area contributed by atoms with Crippen LogP contribution in [0, 0.1) is 0 Å². The summed E-state index contributed by atoms with van der Waals surface area (Å²) in [5, 5.41) is 29.9. The molecule has 4 aromatic carbocycles. The van der Waals surface area contributed by atoms with Gasteiger partial charge in [-0.2, -0.15) is 8.67 Å². The van der Waals surface area contributed by atoms with Gasteiger partial charge >= 0.3 is 135 Å². The second kappa shape index (κ2) is 28.9. The second-order valence-corrected chi connectivity index (χ2v) is 19.3. The van der Waals surface area contributed by atoms with E-state index in [4.69, 9.17) is 47.6 Å². The molecule has 0 spiro atoms. The monoisotopic (exact) mass is 1200 g/mol. The first-order chi connectivity index (χ1) is 34.7. The van der Waals surface area contributed by atoms with E-state index in [2.05, 4.69) is 10.1 Å². The van der Waals surface area contributed by atoms with Crippen molar-refractivity contribution in [2.45, 2.75) is 19.6 Å². The number of hydrogen-bond acceptors (Lipinski definition) is 20. The Labute approximate surface area is 548 Å². The largest absolute Gasteiger partial charge is 2.00 e. The number of methoxy groups -OCH3 is 4. The summed E-state index contributed by atoms with van der Waals surface area (Å²) in [5.74, 6) is 0.868. The van der Waals surface area contributed by atoms with Gasteiger partial charge in [-0.05, 0) is 130 Å². The molecule has 7 aromatic rings. The molecule has 5 heterocycles. The summed E-state index contributed by atoms with van der Waals surface area (Å²) >= 11 is 1.15. The Balaban J connectivity index is 0.00000256. The number of ether oxygens (including phenoxy) is 4. The maximum Gasteiger partial charge on any atom is 2.00 e. The third-order valence-corrected chi connectivity index (χ3v) is 14.3. The number of fused-ring (bicyclic) bond motifs is 8. The minimum atomic E-state index is -5.25. The van der Waals surface area contributed by atoms with Crippen LogP contribution in [0.5, 0.6) is 23.0 Å². The van der Waals surface area contributed by atoms with E-state index in [0.29, 0.717) is 67.6 Å². The average molecular weight is 1200 g/mol. The fourth-order valence-corrected chi connectivity index (χ4v) is 10.6. The number of nitrogens with zero attached hydrogens (tertiary/aromatic N) is 4. The molecule has 0 amide bonds. The minimum absolute atomic E-state index is 0.